The van der Waals surface area contributed by atoms with Crippen molar-refractivity contribution in [2.24, 2.45) is 5.92 Å². The fourth-order valence-corrected chi connectivity index (χ4v) is 3.09. The van der Waals surface area contributed by atoms with E-state index in [4.69, 9.17) is 0 Å². The first-order valence-electron chi connectivity index (χ1n) is 6.80. The summed E-state index contributed by atoms with van der Waals surface area (Å²) in [6.45, 7) is 0. The average Bonchev–Trinajstić information content (AvgIpc) is 2.71. The number of nitrogens with one attached hydrogen (secondary N) is 1. The Morgan fingerprint density at radius 3 is 2.78 bits per heavy atom. The van der Waals surface area contributed by atoms with Gasteiger partial charge in [0.15, 0.2) is 0 Å². The highest BCUT2D eigenvalue weighted by Crippen LogP contribution is 2.29. The third kappa shape index (κ3) is 2.41. The lowest BCUT2D eigenvalue weighted by molar-refractivity contribution is -0.115. The van der Waals surface area contributed by atoms with Crippen molar-refractivity contribution < 1.29 is 9.90 Å². The highest BCUT2D eigenvalue weighted by molar-refractivity contribution is 5.99. The van der Waals surface area contributed by atoms with E-state index in [1.54, 1.807) is 0 Å². The number of amides is 1. The summed E-state index contributed by atoms with van der Waals surface area (Å²) in [5.74, 6) is 0.791. The molecule has 1 aliphatic heterocycles. The molecule has 1 saturated carbocycles. The molecule has 0 aromatic heterocycles. The quantitative estimate of drug-likeness (QED) is 0.839. The van der Waals surface area contributed by atoms with Gasteiger partial charge in [0, 0.05) is 5.69 Å². The van der Waals surface area contributed by atoms with Gasteiger partial charge >= 0.3 is 0 Å². The van der Waals surface area contributed by atoms with E-state index in [0.29, 0.717) is 12.3 Å². The molecule has 2 aliphatic rings. The van der Waals surface area contributed by atoms with Gasteiger partial charge in [0.2, 0.25) is 5.91 Å². The smallest absolute Gasteiger partial charge is 0.228 e. The number of hydrogen-bond acceptors (Lipinski definition) is 2. The van der Waals surface area contributed by atoms with Gasteiger partial charge in [0.05, 0.1) is 12.5 Å². The SMILES string of the molecule is O=C1Cc2cc(CC3CCC(O)CC3)ccc2N1. The van der Waals surface area contributed by atoms with Crippen LogP contribution in [0.5, 0.6) is 0 Å². The molecule has 96 valence electrons. The van der Waals surface area contributed by atoms with Gasteiger partial charge in [0.1, 0.15) is 0 Å². The third-order valence-electron chi connectivity index (χ3n) is 4.14. The van der Waals surface area contributed by atoms with Crippen LogP contribution in [0.15, 0.2) is 18.2 Å². The molecule has 18 heavy (non-hydrogen) atoms. The zero-order valence-corrected chi connectivity index (χ0v) is 10.5. The summed E-state index contributed by atoms with van der Waals surface area (Å²) in [6.07, 6.45) is 5.64. The van der Waals surface area contributed by atoms with Gasteiger partial charge in [-0.05, 0) is 55.2 Å². The van der Waals surface area contributed by atoms with E-state index < -0.39 is 0 Å². The third-order valence-corrected chi connectivity index (χ3v) is 4.14. The Balaban J connectivity index is 1.67. The molecular formula is C15H19NO2. The van der Waals surface area contributed by atoms with E-state index >= 15 is 0 Å². The van der Waals surface area contributed by atoms with Crippen molar-refractivity contribution in [3.63, 3.8) is 0 Å². The van der Waals surface area contributed by atoms with Crippen LogP contribution in [-0.4, -0.2) is 17.1 Å². The van der Waals surface area contributed by atoms with Crippen LogP contribution in [0.3, 0.4) is 0 Å². The highest BCUT2D eigenvalue weighted by Gasteiger charge is 2.21. The summed E-state index contributed by atoms with van der Waals surface area (Å²) in [4.78, 5) is 11.3. The molecule has 0 bridgehead atoms. The molecule has 3 nitrogen and oxygen atoms in total. The van der Waals surface area contributed by atoms with Gasteiger partial charge in [-0.15, -0.1) is 0 Å². The van der Waals surface area contributed by atoms with Gasteiger partial charge in [-0.2, -0.15) is 0 Å². The molecule has 1 aliphatic carbocycles. The van der Waals surface area contributed by atoms with Crippen LogP contribution >= 0.6 is 0 Å². The number of rotatable bonds is 2. The van der Waals surface area contributed by atoms with Crippen molar-refractivity contribution in [1.82, 2.24) is 0 Å². The van der Waals surface area contributed by atoms with Crippen LogP contribution in [0.25, 0.3) is 0 Å². The summed E-state index contributed by atoms with van der Waals surface area (Å²) >= 11 is 0. The maximum atomic E-state index is 11.3. The van der Waals surface area contributed by atoms with Crippen molar-refractivity contribution in [3.05, 3.63) is 29.3 Å². The van der Waals surface area contributed by atoms with E-state index in [1.807, 2.05) is 6.07 Å². The molecule has 0 atom stereocenters. The van der Waals surface area contributed by atoms with Crippen LogP contribution in [0.2, 0.25) is 0 Å². The van der Waals surface area contributed by atoms with Crippen molar-refractivity contribution in [1.29, 1.82) is 0 Å². The van der Waals surface area contributed by atoms with Crippen LogP contribution in [0.4, 0.5) is 5.69 Å². The molecule has 1 aromatic carbocycles. The maximum absolute atomic E-state index is 11.3. The Hall–Kier alpha value is -1.35. The lowest BCUT2D eigenvalue weighted by Crippen LogP contribution is -2.19. The van der Waals surface area contributed by atoms with Gasteiger partial charge in [-0.1, -0.05) is 12.1 Å². The van der Waals surface area contributed by atoms with Crippen molar-refractivity contribution in [3.8, 4) is 0 Å². The van der Waals surface area contributed by atoms with E-state index in [9.17, 15) is 9.90 Å². The molecule has 3 heteroatoms. The van der Waals surface area contributed by atoms with Crippen molar-refractivity contribution in [2.45, 2.75) is 44.6 Å². The summed E-state index contributed by atoms with van der Waals surface area (Å²) in [7, 11) is 0. The zero-order valence-electron chi connectivity index (χ0n) is 10.5. The van der Waals surface area contributed by atoms with E-state index in [0.717, 1.165) is 43.4 Å². The fourth-order valence-electron chi connectivity index (χ4n) is 3.09. The number of carbonyl (C=O) groups excluding carboxylic acids is 1. The normalized spacial score (nSPS) is 26.8. The summed E-state index contributed by atoms with van der Waals surface area (Å²) in [5.41, 5.74) is 3.43. The zero-order chi connectivity index (χ0) is 12.5. The monoisotopic (exact) mass is 245 g/mol. The molecule has 0 spiro atoms. The Morgan fingerprint density at radius 1 is 1.22 bits per heavy atom. The molecule has 1 amide bonds. The molecule has 1 aromatic rings. The second-order valence-corrected chi connectivity index (χ2v) is 5.60. The second kappa shape index (κ2) is 4.73. The maximum Gasteiger partial charge on any atom is 0.228 e. The standard InChI is InChI=1S/C15H19NO2/c17-13-4-1-10(2-5-13)7-11-3-6-14-12(8-11)9-15(18)16-14/h3,6,8,10,13,17H,1-2,4-5,7,9H2,(H,16,18). The van der Waals surface area contributed by atoms with Crippen molar-refractivity contribution >= 4 is 11.6 Å². The Bertz CT molecular complexity index is 462. The Labute approximate surface area is 107 Å². The fraction of sp³-hybridized carbons (Fsp3) is 0.533. The second-order valence-electron chi connectivity index (χ2n) is 5.60. The van der Waals surface area contributed by atoms with E-state index in [2.05, 4.69) is 17.4 Å². The minimum atomic E-state index is -0.0805. The molecule has 0 radical (unpaired) electrons. The number of hydrogen-bond donors (Lipinski definition) is 2. The first-order valence-corrected chi connectivity index (χ1v) is 6.80. The first-order chi connectivity index (χ1) is 8.70. The highest BCUT2D eigenvalue weighted by atomic mass is 16.3. The average molecular weight is 245 g/mol. The molecule has 0 saturated heterocycles. The molecule has 0 unspecified atom stereocenters. The van der Waals surface area contributed by atoms with Crippen LogP contribution in [-0.2, 0) is 17.6 Å². The van der Waals surface area contributed by atoms with Crippen molar-refractivity contribution in [2.75, 3.05) is 5.32 Å². The summed E-state index contributed by atoms with van der Waals surface area (Å²) in [6, 6.07) is 6.31. The molecule has 2 N–H and O–H groups in total. The minimum Gasteiger partial charge on any atom is -0.393 e. The number of carbonyl (C=O) groups is 1. The molecular weight excluding hydrogens is 226 g/mol. The number of aliphatic hydroxyl groups excluding tert-OH is 1. The Kier molecular flexibility index (Phi) is 3.08. The number of fused-ring (bicyclic) bond motifs is 1. The van der Waals surface area contributed by atoms with Crippen LogP contribution in [0.1, 0.15) is 36.8 Å². The van der Waals surface area contributed by atoms with Gasteiger partial charge < -0.3 is 10.4 Å². The van der Waals surface area contributed by atoms with Crippen LogP contribution in [0, 0.1) is 5.92 Å². The van der Waals surface area contributed by atoms with Gasteiger partial charge in [0.25, 0.3) is 0 Å². The summed E-state index contributed by atoms with van der Waals surface area (Å²) in [5, 5.41) is 12.4. The Morgan fingerprint density at radius 2 is 2.00 bits per heavy atom. The van der Waals surface area contributed by atoms with E-state index in [1.165, 1.54) is 5.56 Å². The predicted molar refractivity (Wildman–Crippen MR) is 70.4 cm³/mol. The van der Waals surface area contributed by atoms with Gasteiger partial charge in [-0.25, -0.2) is 0 Å². The topological polar surface area (TPSA) is 49.3 Å². The summed E-state index contributed by atoms with van der Waals surface area (Å²) < 4.78 is 0. The lowest BCUT2D eigenvalue weighted by atomic mass is 9.83. The van der Waals surface area contributed by atoms with Gasteiger partial charge in [-0.3, -0.25) is 4.79 Å². The van der Waals surface area contributed by atoms with E-state index in [-0.39, 0.29) is 12.0 Å². The number of benzene rings is 1. The number of aliphatic hydroxyl groups is 1. The largest absolute Gasteiger partial charge is 0.393 e. The molecule has 3 rings (SSSR count). The minimum absolute atomic E-state index is 0.0805. The molecule has 1 fully saturated rings. The first kappa shape index (κ1) is 11.7. The number of anilines is 1. The molecule has 1 heterocycles. The predicted octanol–water partition coefficient (Wildman–Crippen LogP) is 2.27. The lowest BCUT2D eigenvalue weighted by Gasteiger charge is -2.25. The van der Waals surface area contributed by atoms with Crippen LogP contribution < -0.4 is 5.32 Å².